The lowest BCUT2D eigenvalue weighted by Gasteiger charge is -2.14. The molecule has 130 valence electrons. The van der Waals surface area contributed by atoms with Gasteiger partial charge in [0.1, 0.15) is 11.5 Å². The Hall–Kier alpha value is -2.31. The quantitative estimate of drug-likeness (QED) is 0.175. The zero-order valence-electron chi connectivity index (χ0n) is 13.9. The number of benzene rings is 1. The monoisotopic (exact) mass is 352 g/mol. The Morgan fingerprint density at radius 2 is 2.08 bits per heavy atom. The van der Waals surface area contributed by atoms with Crippen molar-refractivity contribution in [3.05, 3.63) is 52.3 Å². The molecule has 0 aliphatic heterocycles. The topological polar surface area (TPSA) is 102 Å². The van der Waals surface area contributed by atoms with Gasteiger partial charge in [-0.15, -0.1) is 0 Å². The third-order valence-electron chi connectivity index (χ3n) is 3.21. The van der Waals surface area contributed by atoms with Crippen LogP contribution in [-0.4, -0.2) is 17.0 Å². The van der Waals surface area contributed by atoms with Crippen LogP contribution in [0.1, 0.15) is 25.0 Å². The Morgan fingerprint density at radius 1 is 1.46 bits per heavy atom. The molecule has 24 heavy (non-hydrogen) atoms. The summed E-state index contributed by atoms with van der Waals surface area (Å²) < 4.78 is 5.64. The van der Waals surface area contributed by atoms with Crippen molar-refractivity contribution in [2.45, 2.75) is 27.2 Å². The molecule has 0 aromatic heterocycles. The SMILES string of the molecule is C=C(/C=C(\C(=O)NN)C(C)C)Oc1c(C)cc(CC(=O)O)cc1Cl. The van der Waals surface area contributed by atoms with E-state index >= 15 is 0 Å². The van der Waals surface area contributed by atoms with Crippen LogP contribution in [-0.2, 0) is 16.0 Å². The summed E-state index contributed by atoms with van der Waals surface area (Å²) >= 11 is 6.17. The van der Waals surface area contributed by atoms with Crippen molar-refractivity contribution in [2.24, 2.45) is 11.8 Å². The number of carboxylic acids is 1. The Morgan fingerprint density at radius 3 is 2.54 bits per heavy atom. The zero-order valence-corrected chi connectivity index (χ0v) is 14.6. The van der Waals surface area contributed by atoms with E-state index in [1.54, 1.807) is 13.0 Å². The smallest absolute Gasteiger partial charge is 0.307 e. The Labute approximate surface area is 145 Å². The van der Waals surface area contributed by atoms with Gasteiger partial charge in [-0.25, -0.2) is 5.84 Å². The number of amides is 1. The molecule has 6 nitrogen and oxygen atoms in total. The fraction of sp³-hybridized carbons (Fsp3) is 0.294. The predicted molar refractivity (Wildman–Crippen MR) is 92.5 cm³/mol. The van der Waals surface area contributed by atoms with E-state index in [1.807, 2.05) is 13.8 Å². The van der Waals surface area contributed by atoms with Crippen molar-refractivity contribution in [1.82, 2.24) is 5.43 Å². The summed E-state index contributed by atoms with van der Waals surface area (Å²) in [7, 11) is 0. The fourth-order valence-electron chi connectivity index (χ4n) is 2.12. The van der Waals surface area contributed by atoms with E-state index in [9.17, 15) is 9.59 Å². The summed E-state index contributed by atoms with van der Waals surface area (Å²) in [5.74, 6) is 4.30. The van der Waals surface area contributed by atoms with Crippen LogP contribution in [0.5, 0.6) is 5.75 Å². The first kappa shape index (κ1) is 19.7. The summed E-state index contributed by atoms with van der Waals surface area (Å²) in [6.07, 6.45) is 1.36. The minimum atomic E-state index is -0.944. The lowest BCUT2D eigenvalue weighted by atomic mass is 10.0. The molecule has 0 saturated carbocycles. The highest BCUT2D eigenvalue weighted by molar-refractivity contribution is 6.32. The second kappa shape index (κ2) is 8.52. The van der Waals surface area contributed by atoms with Crippen LogP contribution in [0, 0.1) is 12.8 Å². The molecule has 0 aliphatic rings. The lowest BCUT2D eigenvalue weighted by molar-refractivity contribution is -0.136. The molecule has 0 bridgehead atoms. The number of hydrogen-bond donors (Lipinski definition) is 3. The largest absolute Gasteiger partial charge is 0.481 e. The molecular formula is C17H21ClN2O4. The van der Waals surface area contributed by atoms with Crippen LogP contribution in [0.15, 0.2) is 36.1 Å². The summed E-state index contributed by atoms with van der Waals surface area (Å²) in [4.78, 5) is 22.5. The van der Waals surface area contributed by atoms with E-state index in [4.69, 9.17) is 27.3 Å². The lowest BCUT2D eigenvalue weighted by Crippen LogP contribution is -2.33. The minimum Gasteiger partial charge on any atom is -0.481 e. The summed E-state index contributed by atoms with van der Waals surface area (Å²) in [6, 6.07) is 3.22. The molecule has 0 radical (unpaired) electrons. The average molecular weight is 353 g/mol. The van der Waals surface area contributed by atoms with Crippen LogP contribution >= 0.6 is 11.6 Å². The standard InChI is InChI=1S/C17H21ClN2O4/c1-9(2)13(17(23)20-19)6-11(4)24-16-10(3)5-12(7-14(16)18)8-15(21)22/h5-7,9H,4,8,19H2,1-3H3,(H,20,23)(H,21,22)/b13-6-. The number of carboxylic acid groups (broad SMARTS) is 1. The van der Waals surface area contributed by atoms with Crippen LogP contribution < -0.4 is 16.0 Å². The molecule has 0 unspecified atom stereocenters. The third kappa shape index (κ3) is 5.40. The van der Waals surface area contributed by atoms with Gasteiger partial charge >= 0.3 is 5.97 Å². The number of halogens is 1. The van der Waals surface area contributed by atoms with Crippen molar-refractivity contribution in [3.63, 3.8) is 0 Å². The number of rotatable bonds is 7. The van der Waals surface area contributed by atoms with Gasteiger partial charge in [-0.2, -0.15) is 0 Å². The molecule has 1 amide bonds. The van der Waals surface area contributed by atoms with Gasteiger partial charge in [0.15, 0.2) is 0 Å². The summed E-state index contributed by atoms with van der Waals surface area (Å²) in [5, 5.41) is 9.12. The number of aryl methyl sites for hydroxylation is 1. The molecule has 0 heterocycles. The van der Waals surface area contributed by atoms with Crippen LogP contribution in [0.3, 0.4) is 0 Å². The number of carbonyl (C=O) groups is 2. The van der Waals surface area contributed by atoms with E-state index in [1.165, 1.54) is 12.1 Å². The molecule has 7 heteroatoms. The Kier molecular flexibility index (Phi) is 7.00. The first-order chi connectivity index (χ1) is 11.1. The van der Waals surface area contributed by atoms with Crippen molar-refractivity contribution in [1.29, 1.82) is 0 Å². The maximum absolute atomic E-state index is 11.7. The summed E-state index contributed by atoms with van der Waals surface area (Å²) in [6.45, 7) is 9.20. The van der Waals surface area contributed by atoms with Crippen molar-refractivity contribution in [2.75, 3.05) is 0 Å². The molecule has 4 N–H and O–H groups in total. The van der Waals surface area contributed by atoms with E-state index in [0.717, 1.165) is 0 Å². The van der Waals surface area contributed by atoms with Crippen molar-refractivity contribution < 1.29 is 19.4 Å². The molecule has 0 saturated heterocycles. The molecule has 0 spiro atoms. The van der Waals surface area contributed by atoms with Gasteiger partial charge in [-0.05, 0) is 36.1 Å². The number of nitrogens with two attached hydrogens (primary N) is 1. The van der Waals surface area contributed by atoms with Crippen molar-refractivity contribution >= 4 is 23.5 Å². The van der Waals surface area contributed by atoms with E-state index in [0.29, 0.717) is 22.4 Å². The normalized spacial score (nSPS) is 11.3. The van der Waals surface area contributed by atoms with E-state index < -0.39 is 11.9 Å². The van der Waals surface area contributed by atoms with E-state index in [-0.39, 0.29) is 23.1 Å². The molecule has 0 fully saturated rings. The number of hydrogen-bond acceptors (Lipinski definition) is 4. The second-order valence-corrected chi connectivity index (χ2v) is 6.00. The number of aliphatic carboxylic acids is 1. The fourth-order valence-corrected chi connectivity index (χ4v) is 2.45. The Bertz CT molecular complexity index is 673. The third-order valence-corrected chi connectivity index (χ3v) is 3.49. The number of carbonyl (C=O) groups excluding carboxylic acids is 1. The average Bonchev–Trinajstić information content (AvgIpc) is 2.46. The predicted octanol–water partition coefficient (Wildman–Crippen LogP) is 2.74. The molecule has 1 rings (SSSR count). The summed E-state index contributed by atoms with van der Waals surface area (Å²) in [5.41, 5.74) is 3.74. The highest BCUT2D eigenvalue weighted by Gasteiger charge is 2.15. The Balaban J connectivity index is 3.06. The van der Waals surface area contributed by atoms with Crippen LogP contribution in [0.4, 0.5) is 0 Å². The molecule has 1 aromatic carbocycles. The molecule has 0 aliphatic carbocycles. The van der Waals surface area contributed by atoms with Crippen LogP contribution in [0.2, 0.25) is 5.02 Å². The maximum atomic E-state index is 11.7. The number of allylic oxidation sites excluding steroid dienone is 1. The molecule has 1 aromatic rings. The number of ether oxygens (including phenoxy) is 1. The zero-order chi connectivity index (χ0) is 18.4. The van der Waals surface area contributed by atoms with Gasteiger partial charge in [0, 0.05) is 5.57 Å². The van der Waals surface area contributed by atoms with Gasteiger partial charge < -0.3 is 9.84 Å². The second-order valence-electron chi connectivity index (χ2n) is 5.59. The van der Waals surface area contributed by atoms with Crippen LogP contribution in [0.25, 0.3) is 0 Å². The minimum absolute atomic E-state index is 0.0802. The van der Waals surface area contributed by atoms with Gasteiger partial charge in [0.05, 0.1) is 11.4 Å². The maximum Gasteiger partial charge on any atom is 0.307 e. The van der Waals surface area contributed by atoms with Gasteiger partial charge in [0.2, 0.25) is 0 Å². The van der Waals surface area contributed by atoms with Gasteiger partial charge in [0.25, 0.3) is 5.91 Å². The van der Waals surface area contributed by atoms with E-state index in [2.05, 4.69) is 12.0 Å². The first-order valence-corrected chi connectivity index (χ1v) is 7.63. The highest BCUT2D eigenvalue weighted by Crippen LogP contribution is 2.32. The molecule has 0 atom stereocenters. The van der Waals surface area contributed by atoms with Gasteiger partial charge in [-0.1, -0.05) is 38.1 Å². The van der Waals surface area contributed by atoms with Gasteiger partial charge in [-0.3, -0.25) is 15.0 Å². The first-order valence-electron chi connectivity index (χ1n) is 7.25. The number of nitrogens with one attached hydrogen (secondary N) is 1. The molecular weight excluding hydrogens is 332 g/mol. The number of hydrazine groups is 1. The van der Waals surface area contributed by atoms with Crippen molar-refractivity contribution in [3.8, 4) is 5.75 Å². The highest BCUT2D eigenvalue weighted by atomic mass is 35.5.